The molecule has 0 bridgehead atoms. The Hall–Kier alpha value is -0.794. The largest absolute Gasteiger partial charge is 0.414 e. The molecule has 74 valence electrons. The van der Waals surface area contributed by atoms with Gasteiger partial charge in [-0.3, -0.25) is 5.41 Å². The number of guanidine groups is 1. The fraction of sp³-hybridized carbons (Fsp3) is 0.143. The van der Waals surface area contributed by atoms with Crippen molar-refractivity contribution in [3.05, 3.63) is 17.5 Å². The van der Waals surface area contributed by atoms with Gasteiger partial charge in [-0.1, -0.05) is 0 Å². The lowest BCUT2D eigenvalue weighted by Crippen LogP contribution is -2.36. The third-order valence-electron chi connectivity index (χ3n) is 1.13. The molecule has 5 nitrogen and oxygen atoms in total. The van der Waals surface area contributed by atoms with Crippen LogP contribution in [0.4, 0.5) is 0 Å². The first-order valence-electron chi connectivity index (χ1n) is 3.50. The molecule has 0 atom stereocenters. The summed E-state index contributed by atoms with van der Waals surface area (Å²) in [7, 11) is 0. The van der Waals surface area contributed by atoms with E-state index in [2.05, 4.69) is 5.32 Å². The third kappa shape index (κ3) is 5.05. The molecule has 0 fully saturated rings. The van der Waals surface area contributed by atoms with Crippen LogP contribution in [0.2, 0.25) is 0 Å². The standard InChI is InChI=1S/C7H9N3O2S.Mg.2H/c8-7(9)10-4-5(11)12-6-2-1-3-13-6;;;/h1-3H,4H2,(H4,8,9,10);;;. The van der Waals surface area contributed by atoms with E-state index in [9.17, 15) is 4.79 Å². The van der Waals surface area contributed by atoms with Gasteiger partial charge in [0, 0.05) is 0 Å². The smallest absolute Gasteiger partial charge is 0.331 e. The van der Waals surface area contributed by atoms with Gasteiger partial charge in [0.15, 0.2) is 11.0 Å². The first-order chi connectivity index (χ1) is 6.18. The molecule has 0 radical (unpaired) electrons. The second-order valence-corrected chi connectivity index (χ2v) is 3.08. The molecule has 0 aliphatic carbocycles. The molecule has 7 heteroatoms. The predicted molar refractivity (Wildman–Crippen MR) is 58.4 cm³/mol. The summed E-state index contributed by atoms with van der Waals surface area (Å²) in [6.45, 7) is -0.0900. The van der Waals surface area contributed by atoms with Crippen LogP contribution in [0.3, 0.4) is 0 Å². The number of carbonyl (C=O) groups excluding carboxylic acids is 1. The van der Waals surface area contributed by atoms with E-state index in [4.69, 9.17) is 15.9 Å². The van der Waals surface area contributed by atoms with Gasteiger partial charge < -0.3 is 15.8 Å². The average Bonchev–Trinajstić information content (AvgIpc) is 2.53. The molecule has 1 aromatic rings. The summed E-state index contributed by atoms with van der Waals surface area (Å²) in [5.41, 5.74) is 4.98. The van der Waals surface area contributed by atoms with Crippen LogP contribution >= 0.6 is 11.3 Å². The third-order valence-corrected chi connectivity index (χ3v) is 1.88. The van der Waals surface area contributed by atoms with Gasteiger partial charge in [0.25, 0.3) is 0 Å². The summed E-state index contributed by atoms with van der Waals surface area (Å²) in [6.07, 6.45) is 0. The molecule has 1 heterocycles. The molecular weight excluding hydrogens is 214 g/mol. The van der Waals surface area contributed by atoms with Crippen LogP contribution in [0.25, 0.3) is 0 Å². The maximum atomic E-state index is 11.0. The Labute approximate surface area is 101 Å². The van der Waals surface area contributed by atoms with Crippen LogP contribution in [0.15, 0.2) is 17.5 Å². The lowest BCUT2D eigenvalue weighted by atomic mass is 10.6. The molecule has 0 aliphatic heterocycles. The summed E-state index contributed by atoms with van der Waals surface area (Å²) in [6, 6.07) is 3.47. The van der Waals surface area contributed by atoms with Gasteiger partial charge >= 0.3 is 29.0 Å². The highest BCUT2D eigenvalue weighted by Gasteiger charge is 2.04. The van der Waals surface area contributed by atoms with Gasteiger partial charge in [-0.2, -0.15) is 0 Å². The Balaban J connectivity index is 0.00000169. The topological polar surface area (TPSA) is 88.2 Å². The molecule has 0 saturated heterocycles. The molecule has 1 rings (SSSR count). The van der Waals surface area contributed by atoms with E-state index < -0.39 is 5.97 Å². The minimum atomic E-state index is -0.461. The zero-order valence-electron chi connectivity index (χ0n) is 6.74. The average molecular weight is 226 g/mol. The number of hydrogen-bond donors (Lipinski definition) is 3. The maximum Gasteiger partial charge on any atom is 0.331 e. The molecule has 0 amide bonds. The van der Waals surface area contributed by atoms with Gasteiger partial charge in [0.1, 0.15) is 6.54 Å². The zero-order chi connectivity index (χ0) is 9.68. The minimum absolute atomic E-state index is 0. The number of nitrogens with one attached hydrogen (secondary N) is 2. The molecule has 4 N–H and O–H groups in total. The molecule has 1 aromatic heterocycles. The van der Waals surface area contributed by atoms with Gasteiger partial charge in [-0.15, -0.1) is 11.3 Å². The van der Waals surface area contributed by atoms with E-state index in [1.807, 2.05) is 0 Å². The Morgan fingerprint density at radius 1 is 1.71 bits per heavy atom. The van der Waals surface area contributed by atoms with Gasteiger partial charge in [0.05, 0.1) is 0 Å². The lowest BCUT2D eigenvalue weighted by Gasteiger charge is -2.02. The van der Waals surface area contributed by atoms with Crippen molar-refractivity contribution in [1.29, 1.82) is 5.41 Å². The van der Waals surface area contributed by atoms with E-state index in [0.29, 0.717) is 5.06 Å². The van der Waals surface area contributed by atoms with E-state index in [1.165, 1.54) is 11.3 Å². The number of esters is 1. The van der Waals surface area contributed by atoms with Crippen molar-refractivity contribution in [3.8, 4) is 5.06 Å². The van der Waals surface area contributed by atoms with Crippen LogP contribution < -0.4 is 15.8 Å². The fourth-order valence-electron chi connectivity index (χ4n) is 0.637. The quantitative estimate of drug-likeness (QED) is 0.273. The monoisotopic (exact) mass is 225 g/mol. The Kier molecular flexibility index (Phi) is 6.25. The van der Waals surface area contributed by atoms with Crippen molar-refractivity contribution >= 4 is 46.3 Å². The zero-order valence-corrected chi connectivity index (χ0v) is 7.56. The Morgan fingerprint density at radius 2 is 2.43 bits per heavy atom. The minimum Gasteiger partial charge on any atom is -0.414 e. The van der Waals surface area contributed by atoms with E-state index in [0.717, 1.165) is 0 Å². The highest BCUT2D eigenvalue weighted by molar-refractivity contribution is 7.11. The van der Waals surface area contributed by atoms with Gasteiger partial charge in [0.2, 0.25) is 0 Å². The second-order valence-electron chi connectivity index (χ2n) is 2.17. The van der Waals surface area contributed by atoms with Crippen molar-refractivity contribution < 1.29 is 9.53 Å². The van der Waals surface area contributed by atoms with Gasteiger partial charge in [-0.05, 0) is 17.5 Å². The molecule has 14 heavy (non-hydrogen) atoms. The molecule has 0 saturated carbocycles. The highest BCUT2D eigenvalue weighted by atomic mass is 32.1. The summed E-state index contributed by atoms with van der Waals surface area (Å²) >= 11 is 1.33. The fourth-order valence-corrected chi connectivity index (χ4v) is 1.23. The number of carbonyl (C=O) groups is 1. The molecule has 0 aliphatic rings. The van der Waals surface area contributed by atoms with Crippen molar-refractivity contribution in [1.82, 2.24) is 5.32 Å². The first-order valence-corrected chi connectivity index (χ1v) is 4.38. The van der Waals surface area contributed by atoms with Crippen LogP contribution in [-0.2, 0) is 4.79 Å². The van der Waals surface area contributed by atoms with E-state index in [-0.39, 0.29) is 35.6 Å². The SMILES string of the molecule is N=C(N)NCC(=O)Oc1cccs1.[MgH2]. The lowest BCUT2D eigenvalue weighted by molar-refractivity contribution is -0.132. The number of nitrogens with two attached hydrogens (primary N) is 1. The molecule has 0 aromatic carbocycles. The van der Waals surface area contributed by atoms with Crippen molar-refractivity contribution in [2.75, 3.05) is 6.54 Å². The van der Waals surface area contributed by atoms with Crippen LogP contribution in [-0.4, -0.2) is 41.5 Å². The highest BCUT2D eigenvalue weighted by Crippen LogP contribution is 2.17. The predicted octanol–water partition coefficient (Wildman–Crippen LogP) is -0.780. The van der Waals surface area contributed by atoms with Crippen molar-refractivity contribution in [3.63, 3.8) is 0 Å². The maximum absolute atomic E-state index is 11.0. The number of ether oxygens (including phenoxy) is 1. The summed E-state index contributed by atoms with van der Waals surface area (Å²) < 4.78 is 4.87. The van der Waals surface area contributed by atoms with Gasteiger partial charge in [-0.25, -0.2) is 4.79 Å². The number of hydrogen-bond acceptors (Lipinski definition) is 4. The Bertz CT molecular complexity index is 302. The molecule has 0 unspecified atom stereocenters. The normalized spacial score (nSPS) is 8.57. The summed E-state index contributed by atoms with van der Waals surface area (Å²) in [5.74, 6) is -0.708. The Morgan fingerprint density at radius 3 is 2.93 bits per heavy atom. The molecular formula is C7H11MgN3O2S. The summed E-state index contributed by atoms with van der Waals surface area (Å²) in [4.78, 5) is 11.0. The van der Waals surface area contributed by atoms with E-state index in [1.54, 1.807) is 17.5 Å². The van der Waals surface area contributed by atoms with Crippen molar-refractivity contribution in [2.45, 2.75) is 0 Å². The number of rotatable bonds is 3. The van der Waals surface area contributed by atoms with Crippen molar-refractivity contribution in [2.24, 2.45) is 5.73 Å². The van der Waals surface area contributed by atoms with Crippen LogP contribution in [0.1, 0.15) is 0 Å². The summed E-state index contributed by atoms with van der Waals surface area (Å²) in [5, 5.41) is 11.5. The van der Waals surface area contributed by atoms with E-state index >= 15 is 0 Å². The first kappa shape index (κ1) is 13.2. The molecule has 0 spiro atoms. The number of thiophene rings is 1. The van der Waals surface area contributed by atoms with Crippen LogP contribution in [0, 0.1) is 5.41 Å². The van der Waals surface area contributed by atoms with Crippen LogP contribution in [0.5, 0.6) is 5.06 Å². The second kappa shape index (κ2) is 6.63.